The molecule has 1 aliphatic rings. The van der Waals surface area contributed by atoms with E-state index in [0.29, 0.717) is 25.3 Å². The number of pyridine rings is 1. The number of hydrogen-bond donors (Lipinski definition) is 1. The molecule has 1 aromatic heterocycles. The highest BCUT2D eigenvalue weighted by atomic mass is 16.2. The Morgan fingerprint density at radius 2 is 1.90 bits per heavy atom. The molecule has 1 N–H and O–H groups in total. The lowest BCUT2D eigenvalue weighted by Gasteiger charge is -2.42. The molecular weight excluding hydrogens is 386 g/mol. The molecule has 5 nitrogen and oxygen atoms in total. The predicted molar refractivity (Wildman–Crippen MR) is 124 cm³/mol. The maximum absolute atomic E-state index is 13.4. The highest BCUT2D eigenvalue weighted by Crippen LogP contribution is 2.36. The van der Waals surface area contributed by atoms with Crippen molar-refractivity contribution in [3.8, 4) is 11.1 Å². The molecule has 1 aromatic carbocycles. The van der Waals surface area contributed by atoms with E-state index in [4.69, 9.17) is 0 Å². The first-order valence-corrected chi connectivity index (χ1v) is 11.4. The standard InChI is InChI=1S/C26H35N3O2/c1-19(2)14-24(30)29-13-7-11-26(18-29,25(31)28-20(3)4)16-21-8-5-9-22(15-21)23-10-6-12-27-17-23/h5-6,8-10,12,15,17,19-20H,7,11,13-14,16,18H2,1-4H3,(H,28,31)/t26-/m1/s1. The quantitative estimate of drug-likeness (QED) is 0.717. The fraction of sp³-hybridized carbons (Fsp3) is 0.500. The normalized spacial score (nSPS) is 19.0. The van der Waals surface area contributed by atoms with Crippen molar-refractivity contribution < 1.29 is 9.59 Å². The van der Waals surface area contributed by atoms with Crippen LogP contribution in [-0.2, 0) is 16.0 Å². The number of nitrogens with zero attached hydrogens (tertiary/aromatic N) is 2. The van der Waals surface area contributed by atoms with Crippen LogP contribution in [0, 0.1) is 11.3 Å². The Labute approximate surface area is 186 Å². The molecular formula is C26H35N3O2. The van der Waals surface area contributed by atoms with E-state index in [-0.39, 0.29) is 17.9 Å². The number of hydrogen-bond acceptors (Lipinski definition) is 3. The lowest BCUT2D eigenvalue weighted by Crippen LogP contribution is -2.55. The van der Waals surface area contributed by atoms with Crippen LogP contribution in [0.3, 0.4) is 0 Å². The van der Waals surface area contributed by atoms with E-state index in [1.165, 1.54) is 0 Å². The van der Waals surface area contributed by atoms with E-state index in [1.807, 2.05) is 43.1 Å². The molecule has 0 radical (unpaired) electrons. The zero-order valence-corrected chi connectivity index (χ0v) is 19.2. The fourth-order valence-electron chi connectivity index (χ4n) is 4.43. The molecule has 0 spiro atoms. The van der Waals surface area contributed by atoms with Crippen molar-refractivity contribution in [2.24, 2.45) is 11.3 Å². The van der Waals surface area contributed by atoms with Gasteiger partial charge in [0.2, 0.25) is 11.8 Å². The maximum Gasteiger partial charge on any atom is 0.228 e. The summed E-state index contributed by atoms with van der Waals surface area (Å²) in [5, 5.41) is 3.13. The number of benzene rings is 1. The molecule has 3 rings (SSSR count). The first-order valence-electron chi connectivity index (χ1n) is 11.4. The van der Waals surface area contributed by atoms with E-state index >= 15 is 0 Å². The molecule has 2 aromatic rings. The van der Waals surface area contributed by atoms with Gasteiger partial charge >= 0.3 is 0 Å². The number of likely N-dealkylation sites (tertiary alicyclic amines) is 1. The number of carbonyl (C=O) groups excluding carboxylic acids is 2. The molecule has 2 amide bonds. The molecule has 2 heterocycles. The minimum atomic E-state index is -0.608. The second-order valence-corrected chi connectivity index (χ2v) is 9.54. The van der Waals surface area contributed by atoms with Crippen LogP contribution >= 0.6 is 0 Å². The van der Waals surface area contributed by atoms with Gasteiger partial charge in [0.1, 0.15) is 0 Å². The van der Waals surface area contributed by atoms with Crippen molar-refractivity contribution in [2.75, 3.05) is 13.1 Å². The van der Waals surface area contributed by atoms with Crippen LogP contribution in [0.2, 0.25) is 0 Å². The van der Waals surface area contributed by atoms with Crippen LogP contribution in [0.4, 0.5) is 0 Å². The third-order valence-electron chi connectivity index (χ3n) is 5.88. The fourth-order valence-corrected chi connectivity index (χ4v) is 4.43. The van der Waals surface area contributed by atoms with E-state index in [9.17, 15) is 9.59 Å². The summed E-state index contributed by atoms with van der Waals surface area (Å²) < 4.78 is 0. The third kappa shape index (κ3) is 5.93. The average Bonchev–Trinajstić information content (AvgIpc) is 2.74. The Kier molecular flexibility index (Phi) is 7.47. The highest BCUT2D eigenvalue weighted by Gasteiger charge is 2.43. The van der Waals surface area contributed by atoms with Gasteiger partial charge in [0.15, 0.2) is 0 Å². The van der Waals surface area contributed by atoms with Crippen molar-refractivity contribution in [3.63, 3.8) is 0 Å². The summed E-state index contributed by atoms with van der Waals surface area (Å²) in [7, 11) is 0. The molecule has 0 aliphatic carbocycles. The van der Waals surface area contributed by atoms with E-state index in [1.54, 1.807) is 6.20 Å². The molecule has 1 aliphatic heterocycles. The number of amides is 2. The molecule has 1 atom stereocenters. The smallest absolute Gasteiger partial charge is 0.228 e. The van der Waals surface area contributed by atoms with Gasteiger partial charge in [-0.15, -0.1) is 0 Å². The lowest BCUT2D eigenvalue weighted by molar-refractivity contribution is -0.142. The molecule has 31 heavy (non-hydrogen) atoms. The second-order valence-electron chi connectivity index (χ2n) is 9.54. The first kappa shape index (κ1) is 23.0. The van der Waals surface area contributed by atoms with E-state index < -0.39 is 5.41 Å². The van der Waals surface area contributed by atoms with Gasteiger partial charge in [0.05, 0.1) is 5.41 Å². The van der Waals surface area contributed by atoms with Gasteiger partial charge in [0.25, 0.3) is 0 Å². The Hall–Kier alpha value is -2.69. The monoisotopic (exact) mass is 421 g/mol. The van der Waals surface area contributed by atoms with E-state index in [2.05, 4.69) is 42.3 Å². The number of carbonyl (C=O) groups is 2. The first-order chi connectivity index (χ1) is 14.8. The summed E-state index contributed by atoms with van der Waals surface area (Å²) in [6.45, 7) is 9.31. The summed E-state index contributed by atoms with van der Waals surface area (Å²) in [5.41, 5.74) is 2.65. The van der Waals surface area contributed by atoms with Gasteiger partial charge in [-0.3, -0.25) is 14.6 Å². The van der Waals surface area contributed by atoms with Crippen LogP contribution in [0.25, 0.3) is 11.1 Å². The van der Waals surface area contributed by atoms with Crippen LogP contribution in [-0.4, -0.2) is 40.8 Å². The molecule has 0 saturated carbocycles. The molecule has 166 valence electrons. The minimum Gasteiger partial charge on any atom is -0.353 e. The van der Waals surface area contributed by atoms with Crippen LogP contribution < -0.4 is 5.32 Å². The third-order valence-corrected chi connectivity index (χ3v) is 5.88. The highest BCUT2D eigenvalue weighted by molar-refractivity contribution is 5.85. The second kappa shape index (κ2) is 10.1. The molecule has 0 bridgehead atoms. The Balaban J connectivity index is 1.89. The topological polar surface area (TPSA) is 62.3 Å². The Morgan fingerprint density at radius 1 is 1.13 bits per heavy atom. The summed E-state index contributed by atoms with van der Waals surface area (Å²) in [6.07, 6.45) is 6.39. The Bertz CT molecular complexity index is 895. The van der Waals surface area contributed by atoms with Crippen molar-refractivity contribution in [1.82, 2.24) is 15.2 Å². The zero-order chi connectivity index (χ0) is 22.4. The van der Waals surface area contributed by atoms with Gasteiger partial charge in [-0.05, 0) is 61.8 Å². The minimum absolute atomic E-state index is 0.0522. The largest absolute Gasteiger partial charge is 0.353 e. The summed E-state index contributed by atoms with van der Waals surface area (Å²) in [5.74, 6) is 0.515. The number of piperidine rings is 1. The maximum atomic E-state index is 13.4. The molecule has 5 heteroatoms. The SMILES string of the molecule is CC(C)CC(=O)N1CCC[C@](Cc2cccc(-c3cccnc3)c2)(C(=O)NC(C)C)C1. The van der Waals surface area contributed by atoms with Crippen molar-refractivity contribution in [2.45, 2.75) is 59.4 Å². The van der Waals surface area contributed by atoms with Gasteiger partial charge in [0, 0.05) is 37.9 Å². The van der Waals surface area contributed by atoms with E-state index in [0.717, 1.165) is 36.1 Å². The van der Waals surface area contributed by atoms with Gasteiger partial charge in [-0.25, -0.2) is 0 Å². The van der Waals surface area contributed by atoms with Crippen LogP contribution in [0.1, 0.15) is 52.5 Å². The van der Waals surface area contributed by atoms with Crippen molar-refractivity contribution >= 4 is 11.8 Å². The van der Waals surface area contributed by atoms with Crippen LogP contribution in [0.15, 0.2) is 48.8 Å². The lowest BCUT2D eigenvalue weighted by atomic mass is 9.73. The molecule has 0 unspecified atom stereocenters. The van der Waals surface area contributed by atoms with Gasteiger partial charge in [-0.2, -0.15) is 0 Å². The molecule has 1 fully saturated rings. The number of rotatable bonds is 7. The summed E-state index contributed by atoms with van der Waals surface area (Å²) >= 11 is 0. The van der Waals surface area contributed by atoms with Crippen molar-refractivity contribution in [3.05, 3.63) is 54.4 Å². The predicted octanol–water partition coefficient (Wildman–Crippen LogP) is 4.47. The summed E-state index contributed by atoms with van der Waals surface area (Å²) in [6, 6.07) is 12.4. The van der Waals surface area contributed by atoms with Gasteiger partial charge < -0.3 is 10.2 Å². The zero-order valence-electron chi connectivity index (χ0n) is 19.2. The number of nitrogens with one attached hydrogen (secondary N) is 1. The van der Waals surface area contributed by atoms with Crippen molar-refractivity contribution in [1.29, 1.82) is 0 Å². The number of aromatic nitrogens is 1. The molecule has 1 saturated heterocycles. The Morgan fingerprint density at radius 3 is 2.58 bits per heavy atom. The van der Waals surface area contributed by atoms with Gasteiger partial charge in [-0.1, -0.05) is 44.2 Å². The summed E-state index contributed by atoms with van der Waals surface area (Å²) in [4.78, 5) is 32.4. The van der Waals surface area contributed by atoms with Crippen LogP contribution in [0.5, 0.6) is 0 Å². The average molecular weight is 422 g/mol.